The molecule has 2 aliphatic heterocycles. The summed E-state index contributed by atoms with van der Waals surface area (Å²) in [4.78, 5) is 23.6. The van der Waals surface area contributed by atoms with Gasteiger partial charge in [-0.05, 0) is 44.5 Å². The summed E-state index contributed by atoms with van der Waals surface area (Å²) in [5, 5.41) is 11.8. The van der Waals surface area contributed by atoms with E-state index in [1.165, 1.54) is 17.8 Å². The lowest BCUT2D eigenvalue weighted by molar-refractivity contribution is -0.130. The van der Waals surface area contributed by atoms with E-state index in [1.807, 2.05) is 18.3 Å². The first-order chi connectivity index (χ1) is 12.6. The number of nitriles is 1. The number of hydrogen-bond donors (Lipinski definition) is 1. The lowest BCUT2D eigenvalue weighted by atomic mass is 9.77. The Morgan fingerprint density at radius 1 is 1.54 bits per heavy atom. The van der Waals surface area contributed by atoms with Crippen LogP contribution in [0.5, 0.6) is 0 Å². The van der Waals surface area contributed by atoms with Crippen molar-refractivity contribution in [2.75, 3.05) is 13.1 Å². The van der Waals surface area contributed by atoms with E-state index >= 15 is 0 Å². The minimum Gasteiger partial charge on any atom is -0.314 e. The standard InChI is InChI=1S/C20H23N5O/c1-3-16(12-21)13-23-18-11-20(19(26)24-18)6-9-25(10-7-20)14-17-15(2)5-4-8-22-17/h3-5,8,13H,1,6-7,9-11,14H2,2H3,(H,23,24,26)/b16-13+. The third-order valence-corrected chi connectivity index (χ3v) is 5.26. The molecule has 0 radical (unpaired) electrons. The zero-order chi connectivity index (χ0) is 18.6. The van der Waals surface area contributed by atoms with Gasteiger partial charge < -0.3 is 5.32 Å². The van der Waals surface area contributed by atoms with Gasteiger partial charge in [-0.15, -0.1) is 0 Å². The topological polar surface area (TPSA) is 81.4 Å². The number of allylic oxidation sites excluding steroid dienone is 2. The number of amidine groups is 1. The highest BCUT2D eigenvalue weighted by Gasteiger charge is 2.47. The summed E-state index contributed by atoms with van der Waals surface area (Å²) in [6, 6.07) is 6.03. The van der Waals surface area contributed by atoms with Gasteiger partial charge >= 0.3 is 0 Å². The van der Waals surface area contributed by atoms with Crippen molar-refractivity contribution >= 4 is 11.7 Å². The highest BCUT2D eigenvalue weighted by atomic mass is 16.2. The predicted octanol–water partition coefficient (Wildman–Crippen LogP) is 2.48. The quantitative estimate of drug-likeness (QED) is 0.669. The largest absolute Gasteiger partial charge is 0.314 e. The monoisotopic (exact) mass is 349 g/mol. The average molecular weight is 349 g/mol. The minimum atomic E-state index is -0.372. The number of amides is 1. The van der Waals surface area contributed by atoms with Crippen LogP contribution in [0.25, 0.3) is 0 Å². The van der Waals surface area contributed by atoms with E-state index in [0.29, 0.717) is 17.8 Å². The highest BCUT2D eigenvalue weighted by Crippen LogP contribution is 2.39. The second-order valence-electron chi connectivity index (χ2n) is 6.93. The van der Waals surface area contributed by atoms with Crippen LogP contribution in [-0.4, -0.2) is 34.7 Å². The number of nitrogens with one attached hydrogen (secondary N) is 1. The summed E-state index contributed by atoms with van der Waals surface area (Å²) in [6.07, 6.45) is 6.96. The van der Waals surface area contributed by atoms with Gasteiger partial charge in [-0.3, -0.25) is 14.7 Å². The first-order valence-corrected chi connectivity index (χ1v) is 8.80. The highest BCUT2D eigenvalue weighted by molar-refractivity contribution is 6.08. The first-order valence-electron chi connectivity index (χ1n) is 8.80. The van der Waals surface area contributed by atoms with Gasteiger partial charge in [-0.25, -0.2) is 4.99 Å². The van der Waals surface area contributed by atoms with Gasteiger partial charge in [0.05, 0.1) is 16.7 Å². The van der Waals surface area contributed by atoms with Crippen molar-refractivity contribution in [2.24, 2.45) is 10.4 Å². The number of aryl methyl sites for hydroxylation is 1. The smallest absolute Gasteiger partial charge is 0.232 e. The molecule has 2 fully saturated rings. The number of aromatic nitrogens is 1. The molecule has 0 unspecified atom stereocenters. The number of nitrogens with zero attached hydrogens (tertiary/aromatic N) is 4. The van der Waals surface area contributed by atoms with Crippen LogP contribution in [0.3, 0.4) is 0 Å². The van der Waals surface area contributed by atoms with Crippen LogP contribution in [0.4, 0.5) is 0 Å². The summed E-state index contributed by atoms with van der Waals surface area (Å²) < 4.78 is 0. The van der Waals surface area contributed by atoms with Gasteiger partial charge in [0.2, 0.25) is 5.91 Å². The Bertz CT molecular complexity index is 810. The summed E-state index contributed by atoms with van der Waals surface area (Å²) >= 11 is 0. The summed E-state index contributed by atoms with van der Waals surface area (Å²) in [7, 11) is 0. The third-order valence-electron chi connectivity index (χ3n) is 5.26. The Morgan fingerprint density at radius 2 is 2.31 bits per heavy atom. The summed E-state index contributed by atoms with van der Waals surface area (Å²) in [6.45, 7) is 8.19. The van der Waals surface area contributed by atoms with Gasteiger partial charge in [0.15, 0.2) is 0 Å². The molecule has 1 aromatic heterocycles. The maximum Gasteiger partial charge on any atom is 0.232 e. The van der Waals surface area contributed by atoms with Gasteiger partial charge in [0, 0.05) is 25.4 Å². The van der Waals surface area contributed by atoms with Gasteiger partial charge in [-0.2, -0.15) is 5.26 Å². The molecule has 6 nitrogen and oxygen atoms in total. The molecule has 1 N–H and O–H groups in total. The van der Waals surface area contributed by atoms with E-state index in [0.717, 1.165) is 38.2 Å². The van der Waals surface area contributed by atoms with Crippen molar-refractivity contribution in [1.82, 2.24) is 15.2 Å². The van der Waals surface area contributed by atoms with Crippen LogP contribution in [0.15, 0.2) is 47.7 Å². The molecule has 134 valence electrons. The number of carbonyl (C=O) groups excluding carboxylic acids is 1. The Morgan fingerprint density at radius 3 is 2.96 bits per heavy atom. The summed E-state index contributed by atoms with van der Waals surface area (Å²) in [5.74, 6) is 0.689. The summed E-state index contributed by atoms with van der Waals surface area (Å²) in [5.41, 5.74) is 2.31. The number of likely N-dealkylation sites (tertiary alicyclic amines) is 1. The molecule has 0 bridgehead atoms. The molecule has 6 heteroatoms. The maximum absolute atomic E-state index is 12.5. The molecule has 3 heterocycles. The van der Waals surface area contributed by atoms with Crippen molar-refractivity contribution in [2.45, 2.75) is 32.7 Å². The Balaban J connectivity index is 1.63. The van der Waals surface area contributed by atoms with E-state index in [2.05, 4.69) is 39.8 Å². The molecular formula is C20H23N5O. The van der Waals surface area contributed by atoms with Crippen molar-refractivity contribution in [1.29, 1.82) is 5.26 Å². The number of pyridine rings is 1. The molecule has 3 rings (SSSR count). The van der Waals surface area contributed by atoms with E-state index in [1.54, 1.807) is 0 Å². The lowest BCUT2D eigenvalue weighted by Crippen LogP contribution is -2.43. The van der Waals surface area contributed by atoms with Crippen molar-refractivity contribution in [3.63, 3.8) is 0 Å². The Labute approximate surface area is 153 Å². The predicted molar refractivity (Wildman–Crippen MR) is 100 cm³/mol. The number of carbonyl (C=O) groups is 1. The van der Waals surface area contributed by atoms with E-state index in [-0.39, 0.29) is 11.3 Å². The Hall–Kier alpha value is -2.78. The molecule has 0 aliphatic carbocycles. The van der Waals surface area contributed by atoms with Crippen LogP contribution >= 0.6 is 0 Å². The number of hydrogen-bond acceptors (Lipinski definition) is 5. The van der Waals surface area contributed by atoms with Crippen LogP contribution in [-0.2, 0) is 11.3 Å². The van der Waals surface area contributed by atoms with Crippen LogP contribution in [0, 0.1) is 23.7 Å². The lowest BCUT2D eigenvalue weighted by Gasteiger charge is -2.36. The van der Waals surface area contributed by atoms with Crippen LogP contribution in [0.2, 0.25) is 0 Å². The van der Waals surface area contributed by atoms with Crippen LogP contribution in [0.1, 0.15) is 30.5 Å². The van der Waals surface area contributed by atoms with E-state index in [4.69, 9.17) is 5.26 Å². The zero-order valence-corrected chi connectivity index (χ0v) is 15.0. The van der Waals surface area contributed by atoms with Crippen molar-refractivity contribution in [3.05, 3.63) is 54.0 Å². The van der Waals surface area contributed by atoms with E-state index < -0.39 is 0 Å². The van der Waals surface area contributed by atoms with Gasteiger partial charge in [0.25, 0.3) is 0 Å². The van der Waals surface area contributed by atoms with Crippen molar-refractivity contribution in [3.8, 4) is 6.07 Å². The molecule has 0 saturated carbocycles. The van der Waals surface area contributed by atoms with Crippen molar-refractivity contribution < 1.29 is 4.79 Å². The molecule has 26 heavy (non-hydrogen) atoms. The second-order valence-corrected chi connectivity index (χ2v) is 6.93. The SMILES string of the molecule is C=C/C(C#N)=C\N=C1CC2(CCN(Cc3ncccc3C)CC2)C(=O)N1. The Kier molecular flexibility index (Phi) is 5.29. The van der Waals surface area contributed by atoms with Gasteiger partial charge in [-0.1, -0.05) is 18.7 Å². The van der Waals surface area contributed by atoms with Crippen LogP contribution < -0.4 is 5.32 Å². The molecule has 1 aromatic rings. The maximum atomic E-state index is 12.5. The fourth-order valence-electron chi connectivity index (χ4n) is 3.50. The average Bonchev–Trinajstić information content (AvgIpc) is 2.95. The van der Waals surface area contributed by atoms with Gasteiger partial charge in [0.1, 0.15) is 11.9 Å². The third kappa shape index (κ3) is 3.73. The fraction of sp³-hybridized carbons (Fsp3) is 0.400. The normalized spacial score (nSPS) is 21.6. The zero-order valence-electron chi connectivity index (χ0n) is 15.0. The molecule has 1 amide bonds. The molecule has 0 aromatic carbocycles. The number of rotatable bonds is 4. The molecule has 1 spiro atoms. The molecule has 0 atom stereocenters. The fourth-order valence-corrected chi connectivity index (χ4v) is 3.50. The minimum absolute atomic E-state index is 0.0513. The molecule has 2 saturated heterocycles. The number of aliphatic imine (C=N–C) groups is 1. The van der Waals surface area contributed by atoms with E-state index in [9.17, 15) is 4.79 Å². The second kappa shape index (κ2) is 7.63. The molecular weight excluding hydrogens is 326 g/mol. The first kappa shape index (κ1) is 18.0. The molecule has 2 aliphatic rings. The number of piperidine rings is 1.